The monoisotopic (exact) mass is 264 g/mol. The lowest BCUT2D eigenvalue weighted by molar-refractivity contribution is 0.411. The molecule has 3 radical (unpaired) electrons. The summed E-state index contributed by atoms with van der Waals surface area (Å²) in [5, 5.41) is -2.97. The first kappa shape index (κ1) is 12.7. The molecule has 0 heterocycles. The normalized spacial score (nSPS) is 11.3. The molecule has 8 heteroatoms. The van der Waals surface area contributed by atoms with E-state index in [1.165, 1.54) is 0 Å². The molecule has 0 saturated heterocycles. The third-order valence-electron chi connectivity index (χ3n) is 2.38. The van der Waals surface area contributed by atoms with Crippen LogP contribution < -0.4 is 5.46 Å². The second-order valence-corrected chi connectivity index (χ2v) is 3.36. The van der Waals surface area contributed by atoms with Crippen LogP contribution in [0.1, 0.15) is 0 Å². The van der Waals surface area contributed by atoms with Crippen LogP contribution in [0.2, 0.25) is 0 Å². The quantitative estimate of drug-likeness (QED) is 0.297. The van der Waals surface area contributed by atoms with Gasteiger partial charge in [-0.15, -0.1) is 0 Å². The summed E-state index contributed by atoms with van der Waals surface area (Å²) in [5.41, 5.74) is -1.35. The lowest BCUT2D eigenvalue weighted by atomic mass is 9.88. The van der Waals surface area contributed by atoms with Gasteiger partial charge in [-0.05, 0) is 5.39 Å². The van der Waals surface area contributed by atoms with Crippen molar-refractivity contribution in [3.05, 3.63) is 40.7 Å². The van der Waals surface area contributed by atoms with Crippen molar-refractivity contribution >= 4 is 24.1 Å². The molecule has 2 aromatic rings. The number of hydrogen-bond donors (Lipinski definition) is 0. The zero-order valence-electron chi connectivity index (χ0n) is 8.22. The van der Waals surface area contributed by atoms with E-state index in [2.05, 4.69) is 0 Å². The minimum atomic E-state index is -2.34. The van der Waals surface area contributed by atoms with Crippen molar-refractivity contribution in [2.24, 2.45) is 0 Å². The largest absolute Gasteiger partial charge is 0.575 e. The third-order valence-corrected chi connectivity index (χ3v) is 2.38. The van der Waals surface area contributed by atoms with Gasteiger partial charge in [0.05, 0.1) is 5.39 Å². The number of fused-ring (bicyclic) bond motifs is 1. The fourth-order valence-corrected chi connectivity index (χ4v) is 1.52. The van der Waals surface area contributed by atoms with Crippen molar-refractivity contribution in [3.63, 3.8) is 0 Å². The van der Waals surface area contributed by atoms with Gasteiger partial charge in [0.25, 0.3) is 0 Å². The van der Waals surface area contributed by atoms with Gasteiger partial charge in [0.1, 0.15) is 5.82 Å². The molecule has 0 bridgehead atoms. The topological polar surface area (TPSA) is 0 Å². The SMILES string of the molecule is [B-]c1c(F)c(F)c(F)c2c(F)c(F)c(F)c(F)c12. The maximum atomic E-state index is 13.3. The number of benzene rings is 2. The van der Waals surface area contributed by atoms with Gasteiger partial charge in [0.2, 0.25) is 0 Å². The maximum Gasteiger partial charge on any atom is 0.198 e. The smallest absolute Gasteiger partial charge is 0.198 e. The van der Waals surface area contributed by atoms with Crippen LogP contribution in [0, 0.1) is 40.7 Å². The molecule has 0 aliphatic heterocycles. The van der Waals surface area contributed by atoms with Gasteiger partial charge in [0, 0.05) is 0 Å². The third kappa shape index (κ3) is 1.41. The second-order valence-electron chi connectivity index (χ2n) is 3.36. The second kappa shape index (κ2) is 3.89. The summed E-state index contributed by atoms with van der Waals surface area (Å²) in [6.45, 7) is 0. The Morgan fingerprint density at radius 2 is 0.778 bits per heavy atom. The Balaban J connectivity index is 3.22. The molecule has 0 atom stereocenters. The van der Waals surface area contributed by atoms with Crippen molar-refractivity contribution < 1.29 is 30.7 Å². The summed E-state index contributed by atoms with van der Waals surface area (Å²) in [4.78, 5) is 0. The van der Waals surface area contributed by atoms with E-state index in [1.54, 1.807) is 0 Å². The fourth-order valence-electron chi connectivity index (χ4n) is 1.52. The van der Waals surface area contributed by atoms with E-state index in [4.69, 9.17) is 7.85 Å². The molecule has 2 aromatic carbocycles. The molecule has 0 fully saturated rings. The van der Waals surface area contributed by atoms with Gasteiger partial charge in [-0.2, -0.15) is 0 Å². The summed E-state index contributed by atoms with van der Waals surface area (Å²) in [7, 11) is 4.90. The first-order chi connectivity index (χ1) is 8.29. The van der Waals surface area contributed by atoms with Crippen LogP contribution >= 0.6 is 0 Å². The van der Waals surface area contributed by atoms with E-state index in [0.29, 0.717) is 0 Å². The molecule has 0 aromatic heterocycles. The predicted molar refractivity (Wildman–Crippen MR) is 49.0 cm³/mol. The van der Waals surface area contributed by atoms with E-state index in [-0.39, 0.29) is 0 Å². The Hall–Kier alpha value is -1.73. The Bertz CT molecular complexity index is 567. The van der Waals surface area contributed by atoms with E-state index >= 15 is 0 Å². The molecule has 18 heavy (non-hydrogen) atoms. The molecule has 0 aliphatic rings. The number of halogens is 7. The summed E-state index contributed by atoms with van der Waals surface area (Å²) in [6.07, 6.45) is 0. The van der Waals surface area contributed by atoms with Gasteiger partial charge >= 0.3 is 0 Å². The van der Waals surface area contributed by atoms with Crippen molar-refractivity contribution in [2.75, 3.05) is 0 Å². The average Bonchev–Trinajstić information content (AvgIpc) is 2.35. The Labute approximate surface area is 96.4 Å². The molecule has 93 valence electrons. The van der Waals surface area contributed by atoms with Crippen molar-refractivity contribution in [3.8, 4) is 0 Å². The van der Waals surface area contributed by atoms with Crippen LogP contribution in [0.25, 0.3) is 10.8 Å². The highest BCUT2D eigenvalue weighted by Crippen LogP contribution is 2.29. The first-order valence-corrected chi connectivity index (χ1v) is 4.36. The highest BCUT2D eigenvalue weighted by Gasteiger charge is 2.25. The molecule has 0 nitrogen and oxygen atoms in total. The van der Waals surface area contributed by atoms with E-state index in [0.717, 1.165) is 0 Å². The van der Waals surface area contributed by atoms with E-state index < -0.39 is 57.0 Å². The molecule has 0 N–H and O–H groups in total. The molecule has 2 rings (SSSR count). The minimum absolute atomic E-state index is 1.35. The highest BCUT2D eigenvalue weighted by molar-refractivity contribution is 6.39. The molecule has 0 saturated carbocycles. The summed E-state index contributed by atoms with van der Waals surface area (Å²) < 4.78 is 91.4. The van der Waals surface area contributed by atoms with Crippen LogP contribution in [0.4, 0.5) is 30.7 Å². The zero-order chi connectivity index (χ0) is 13.8. The van der Waals surface area contributed by atoms with Crippen molar-refractivity contribution in [2.45, 2.75) is 0 Å². The van der Waals surface area contributed by atoms with Gasteiger partial charge in [-0.3, -0.25) is 5.46 Å². The van der Waals surface area contributed by atoms with Gasteiger partial charge in [0.15, 0.2) is 34.9 Å². The minimum Gasteiger partial charge on any atom is -0.575 e. The summed E-state index contributed by atoms with van der Waals surface area (Å²) in [5.74, 6) is -15.3. The van der Waals surface area contributed by atoms with Crippen LogP contribution in [-0.4, -0.2) is 7.85 Å². The molecule has 0 spiro atoms. The summed E-state index contributed by atoms with van der Waals surface area (Å²) >= 11 is 0. The Kier molecular flexibility index (Phi) is 2.75. The fraction of sp³-hybridized carbons (Fsp3) is 0. The van der Waals surface area contributed by atoms with Crippen molar-refractivity contribution in [1.82, 2.24) is 0 Å². The molecule has 0 unspecified atom stereocenters. The van der Waals surface area contributed by atoms with Crippen LogP contribution in [0.15, 0.2) is 0 Å². The summed E-state index contributed by atoms with van der Waals surface area (Å²) in [6, 6.07) is 0. The highest BCUT2D eigenvalue weighted by atomic mass is 19.2. The standard InChI is InChI=1S/C10BF7/c11-3-1-2(5(13)8(16)7(3)15)6(14)10(18)9(17)4(1)12/q-1. The van der Waals surface area contributed by atoms with Crippen LogP contribution in [-0.2, 0) is 0 Å². The lowest BCUT2D eigenvalue weighted by Gasteiger charge is -2.17. The van der Waals surface area contributed by atoms with E-state index in [1.807, 2.05) is 0 Å². The van der Waals surface area contributed by atoms with Gasteiger partial charge in [-0.1, -0.05) is 0 Å². The molecule has 0 aliphatic carbocycles. The predicted octanol–water partition coefficient (Wildman–Crippen LogP) is 2.61. The van der Waals surface area contributed by atoms with Gasteiger partial charge < -0.3 is 7.85 Å². The van der Waals surface area contributed by atoms with Crippen molar-refractivity contribution in [1.29, 1.82) is 0 Å². The average molecular weight is 264 g/mol. The van der Waals surface area contributed by atoms with Gasteiger partial charge in [-0.25, -0.2) is 30.7 Å². The molecule has 0 amide bonds. The molecular weight excluding hydrogens is 264 g/mol. The Morgan fingerprint density at radius 1 is 0.444 bits per heavy atom. The first-order valence-electron chi connectivity index (χ1n) is 4.36. The lowest BCUT2D eigenvalue weighted by Crippen LogP contribution is -2.18. The maximum absolute atomic E-state index is 13.3. The Morgan fingerprint density at radius 3 is 1.22 bits per heavy atom. The number of hydrogen-bond acceptors (Lipinski definition) is 0. The van der Waals surface area contributed by atoms with Crippen LogP contribution in [0.3, 0.4) is 0 Å². The number of rotatable bonds is 0. The molecular formula is C10BF7-. The van der Waals surface area contributed by atoms with E-state index in [9.17, 15) is 30.7 Å². The van der Waals surface area contributed by atoms with Crippen LogP contribution in [0.5, 0.6) is 0 Å². The zero-order valence-corrected chi connectivity index (χ0v) is 8.22.